The van der Waals surface area contributed by atoms with E-state index in [1.807, 2.05) is 0 Å². The van der Waals surface area contributed by atoms with E-state index >= 15 is 0 Å². The molecule has 1 heterocycles. The lowest BCUT2D eigenvalue weighted by atomic mass is 10.4. The third kappa shape index (κ3) is 2.47. The van der Waals surface area contributed by atoms with E-state index in [1.165, 1.54) is 0 Å². The number of urea groups is 1. The van der Waals surface area contributed by atoms with Crippen molar-refractivity contribution in [3.05, 3.63) is 18.0 Å². The average Bonchev–Trinajstić information content (AvgIpc) is 2.78. The summed E-state index contributed by atoms with van der Waals surface area (Å²) in [4.78, 5) is 11.1. The van der Waals surface area contributed by atoms with Gasteiger partial charge in [0.05, 0.1) is 12.7 Å². The molecule has 0 radical (unpaired) electrons. The number of hydrogen-bond acceptors (Lipinski definition) is 3. The van der Waals surface area contributed by atoms with Crippen molar-refractivity contribution in [1.82, 2.24) is 15.8 Å². The van der Waals surface area contributed by atoms with Crippen LogP contribution in [0.1, 0.15) is 18.6 Å². The number of nitrogens with one attached hydrogen (secondary N) is 2. The van der Waals surface area contributed by atoms with Gasteiger partial charge in [0.2, 0.25) is 0 Å². The number of hydrogen-bond donors (Lipinski definition) is 2. The SMILES string of the molecule is O=C(NCc1ccno1)NC1CC1. The van der Waals surface area contributed by atoms with Crippen LogP contribution >= 0.6 is 0 Å². The molecule has 1 aromatic heterocycles. The van der Waals surface area contributed by atoms with Crippen LogP contribution in [-0.2, 0) is 6.54 Å². The molecule has 0 aliphatic heterocycles. The molecule has 5 heteroatoms. The second kappa shape index (κ2) is 3.47. The summed E-state index contributed by atoms with van der Waals surface area (Å²) in [5, 5.41) is 9.00. The first kappa shape index (κ1) is 8.10. The molecule has 0 bridgehead atoms. The largest absolute Gasteiger partial charge is 0.360 e. The fourth-order valence-corrected chi connectivity index (χ4v) is 0.965. The Bertz CT molecular complexity index is 280. The molecule has 70 valence electrons. The highest BCUT2D eigenvalue weighted by molar-refractivity contribution is 5.74. The van der Waals surface area contributed by atoms with Gasteiger partial charge in [-0.15, -0.1) is 0 Å². The number of carbonyl (C=O) groups is 1. The third-order valence-electron chi connectivity index (χ3n) is 1.83. The van der Waals surface area contributed by atoms with Crippen molar-refractivity contribution in [3.8, 4) is 0 Å². The zero-order valence-electron chi connectivity index (χ0n) is 7.12. The summed E-state index contributed by atoms with van der Waals surface area (Å²) in [6.07, 6.45) is 3.74. The lowest BCUT2D eigenvalue weighted by Crippen LogP contribution is -2.36. The predicted molar refractivity (Wildman–Crippen MR) is 44.9 cm³/mol. The maximum absolute atomic E-state index is 11.1. The first-order chi connectivity index (χ1) is 6.34. The third-order valence-corrected chi connectivity index (χ3v) is 1.83. The van der Waals surface area contributed by atoms with Crippen molar-refractivity contribution in [2.75, 3.05) is 0 Å². The monoisotopic (exact) mass is 181 g/mol. The fourth-order valence-electron chi connectivity index (χ4n) is 0.965. The van der Waals surface area contributed by atoms with Crippen LogP contribution in [0.25, 0.3) is 0 Å². The van der Waals surface area contributed by atoms with Crippen molar-refractivity contribution in [2.24, 2.45) is 0 Å². The summed E-state index contributed by atoms with van der Waals surface area (Å²) in [5.41, 5.74) is 0. The number of nitrogens with zero attached hydrogens (tertiary/aromatic N) is 1. The fraction of sp³-hybridized carbons (Fsp3) is 0.500. The van der Waals surface area contributed by atoms with Crippen molar-refractivity contribution >= 4 is 6.03 Å². The minimum absolute atomic E-state index is 0.140. The second-order valence-electron chi connectivity index (χ2n) is 3.08. The highest BCUT2D eigenvalue weighted by Crippen LogP contribution is 2.18. The van der Waals surface area contributed by atoms with Crippen molar-refractivity contribution in [1.29, 1.82) is 0 Å². The van der Waals surface area contributed by atoms with Crippen LogP contribution in [-0.4, -0.2) is 17.2 Å². The normalized spacial score (nSPS) is 15.4. The number of aromatic nitrogens is 1. The molecule has 0 atom stereocenters. The van der Waals surface area contributed by atoms with Crippen LogP contribution in [0.4, 0.5) is 4.79 Å². The minimum Gasteiger partial charge on any atom is -0.360 e. The first-order valence-corrected chi connectivity index (χ1v) is 4.28. The molecule has 2 amide bonds. The molecule has 2 N–H and O–H groups in total. The summed E-state index contributed by atoms with van der Waals surface area (Å²) in [6, 6.07) is 1.96. The quantitative estimate of drug-likeness (QED) is 0.718. The van der Waals surface area contributed by atoms with Gasteiger partial charge < -0.3 is 15.2 Å². The van der Waals surface area contributed by atoms with Crippen LogP contribution in [0.3, 0.4) is 0 Å². The molecule has 0 saturated heterocycles. The van der Waals surface area contributed by atoms with Crippen molar-refractivity contribution in [2.45, 2.75) is 25.4 Å². The predicted octanol–water partition coefficient (Wildman–Crippen LogP) is 0.636. The van der Waals surface area contributed by atoms with Crippen LogP contribution in [0, 0.1) is 0 Å². The lowest BCUT2D eigenvalue weighted by Gasteiger charge is -2.03. The zero-order valence-corrected chi connectivity index (χ0v) is 7.12. The number of rotatable bonds is 3. The molecule has 13 heavy (non-hydrogen) atoms. The van der Waals surface area contributed by atoms with Gasteiger partial charge in [-0.05, 0) is 12.8 Å². The molecular formula is C8H11N3O2. The molecular weight excluding hydrogens is 170 g/mol. The van der Waals surface area contributed by atoms with E-state index in [0.717, 1.165) is 12.8 Å². The molecule has 1 aliphatic carbocycles. The Kier molecular flexibility index (Phi) is 2.16. The maximum Gasteiger partial charge on any atom is 0.315 e. The van der Waals surface area contributed by atoms with Gasteiger partial charge in [-0.1, -0.05) is 5.16 Å². The van der Waals surface area contributed by atoms with Gasteiger partial charge in [-0.2, -0.15) is 0 Å². The van der Waals surface area contributed by atoms with Gasteiger partial charge >= 0.3 is 6.03 Å². The summed E-state index contributed by atoms with van der Waals surface area (Å²) in [5.74, 6) is 0.658. The van der Waals surface area contributed by atoms with Crippen LogP contribution < -0.4 is 10.6 Å². The summed E-state index contributed by atoms with van der Waals surface area (Å²) < 4.78 is 4.81. The topological polar surface area (TPSA) is 67.2 Å². The van der Waals surface area contributed by atoms with E-state index in [4.69, 9.17) is 4.52 Å². The Morgan fingerprint density at radius 3 is 3.15 bits per heavy atom. The zero-order chi connectivity index (χ0) is 9.10. The highest BCUT2D eigenvalue weighted by Gasteiger charge is 2.22. The van der Waals surface area contributed by atoms with E-state index in [-0.39, 0.29) is 6.03 Å². The van der Waals surface area contributed by atoms with E-state index in [2.05, 4.69) is 15.8 Å². The van der Waals surface area contributed by atoms with Gasteiger partial charge in [-0.3, -0.25) is 0 Å². The van der Waals surface area contributed by atoms with E-state index < -0.39 is 0 Å². The Labute approximate surface area is 75.5 Å². The molecule has 1 aliphatic rings. The van der Waals surface area contributed by atoms with Crippen LogP contribution in [0.2, 0.25) is 0 Å². The summed E-state index contributed by atoms with van der Waals surface area (Å²) in [6.45, 7) is 0.387. The summed E-state index contributed by atoms with van der Waals surface area (Å²) >= 11 is 0. The van der Waals surface area contributed by atoms with E-state index in [1.54, 1.807) is 12.3 Å². The molecule has 0 aromatic carbocycles. The Morgan fingerprint density at radius 1 is 1.69 bits per heavy atom. The van der Waals surface area contributed by atoms with Crippen LogP contribution in [0.15, 0.2) is 16.8 Å². The Hall–Kier alpha value is -1.52. The van der Waals surface area contributed by atoms with Crippen molar-refractivity contribution in [3.63, 3.8) is 0 Å². The molecule has 5 nitrogen and oxygen atoms in total. The minimum atomic E-state index is -0.140. The first-order valence-electron chi connectivity index (χ1n) is 4.28. The molecule has 0 spiro atoms. The number of amides is 2. The average molecular weight is 181 g/mol. The number of carbonyl (C=O) groups excluding carboxylic acids is 1. The molecule has 1 saturated carbocycles. The molecule has 1 fully saturated rings. The summed E-state index contributed by atoms with van der Waals surface area (Å²) in [7, 11) is 0. The lowest BCUT2D eigenvalue weighted by molar-refractivity contribution is 0.238. The molecule has 1 aromatic rings. The Balaban J connectivity index is 1.69. The maximum atomic E-state index is 11.1. The molecule has 2 rings (SSSR count). The van der Waals surface area contributed by atoms with E-state index in [0.29, 0.717) is 18.3 Å². The standard InChI is InChI=1S/C8H11N3O2/c12-8(11-6-1-2-6)9-5-7-3-4-10-13-7/h3-4,6H,1-2,5H2,(H2,9,11,12). The second-order valence-corrected chi connectivity index (χ2v) is 3.08. The molecule has 0 unspecified atom stereocenters. The van der Waals surface area contributed by atoms with Gasteiger partial charge in [-0.25, -0.2) is 4.79 Å². The van der Waals surface area contributed by atoms with E-state index in [9.17, 15) is 4.79 Å². The van der Waals surface area contributed by atoms with Crippen molar-refractivity contribution < 1.29 is 9.32 Å². The van der Waals surface area contributed by atoms with Gasteiger partial charge in [0.15, 0.2) is 5.76 Å². The Morgan fingerprint density at radius 2 is 2.54 bits per heavy atom. The van der Waals surface area contributed by atoms with Crippen LogP contribution in [0.5, 0.6) is 0 Å². The van der Waals surface area contributed by atoms with Gasteiger partial charge in [0, 0.05) is 12.1 Å². The van der Waals surface area contributed by atoms with Gasteiger partial charge in [0.25, 0.3) is 0 Å². The highest BCUT2D eigenvalue weighted by atomic mass is 16.5. The van der Waals surface area contributed by atoms with Gasteiger partial charge in [0.1, 0.15) is 0 Å². The smallest absolute Gasteiger partial charge is 0.315 e.